The predicted octanol–water partition coefficient (Wildman–Crippen LogP) is 2.96. The molecule has 2 amide bonds. The summed E-state index contributed by atoms with van der Waals surface area (Å²) in [5.74, 6) is -0.127. The average molecular weight is 423 g/mol. The number of amides is 2. The maximum atomic E-state index is 12.7. The van der Waals surface area contributed by atoms with E-state index in [1.165, 1.54) is 0 Å². The van der Waals surface area contributed by atoms with Crippen LogP contribution in [0.5, 0.6) is 0 Å². The number of fused-ring (bicyclic) bond motifs is 1. The molecule has 0 aliphatic carbocycles. The Labute approximate surface area is 176 Å². The van der Waals surface area contributed by atoms with Crippen molar-refractivity contribution in [1.29, 1.82) is 0 Å². The molecule has 8 heteroatoms. The Kier molecular flexibility index (Phi) is 6.93. The summed E-state index contributed by atoms with van der Waals surface area (Å²) < 4.78 is 0. The van der Waals surface area contributed by atoms with Crippen LogP contribution in [-0.2, 0) is 9.59 Å². The van der Waals surface area contributed by atoms with E-state index in [2.05, 4.69) is 10.6 Å². The molecule has 1 saturated heterocycles. The van der Waals surface area contributed by atoms with Gasteiger partial charge in [-0.15, -0.1) is 24.8 Å². The van der Waals surface area contributed by atoms with Gasteiger partial charge in [-0.2, -0.15) is 0 Å². The molecule has 150 valence electrons. The fraction of sp³-hybridized carbons (Fsp3) is 0.300. The van der Waals surface area contributed by atoms with Gasteiger partial charge in [0, 0.05) is 13.1 Å². The zero-order valence-corrected chi connectivity index (χ0v) is 16.9. The fourth-order valence-corrected chi connectivity index (χ4v) is 3.72. The zero-order chi connectivity index (χ0) is 18.1. The highest BCUT2D eigenvalue weighted by atomic mass is 35.5. The van der Waals surface area contributed by atoms with E-state index in [-0.39, 0.29) is 36.6 Å². The summed E-state index contributed by atoms with van der Waals surface area (Å²) in [7, 11) is 0. The molecule has 0 unspecified atom stereocenters. The van der Waals surface area contributed by atoms with Crippen molar-refractivity contribution in [3.63, 3.8) is 0 Å². The van der Waals surface area contributed by atoms with Crippen molar-refractivity contribution < 1.29 is 9.59 Å². The van der Waals surface area contributed by atoms with E-state index in [4.69, 9.17) is 5.73 Å². The second-order valence-electron chi connectivity index (χ2n) is 6.92. The largest absolute Gasteiger partial charge is 0.369 e. The van der Waals surface area contributed by atoms with Crippen molar-refractivity contribution in [2.45, 2.75) is 24.4 Å². The Morgan fingerprint density at radius 2 is 1.54 bits per heavy atom. The van der Waals surface area contributed by atoms with E-state index in [0.717, 1.165) is 16.9 Å². The third-order valence-electron chi connectivity index (χ3n) is 5.34. The molecule has 2 aromatic carbocycles. The van der Waals surface area contributed by atoms with E-state index in [0.29, 0.717) is 25.9 Å². The third-order valence-corrected chi connectivity index (χ3v) is 5.34. The molecule has 2 heterocycles. The number of anilines is 2. The molecule has 28 heavy (non-hydrogen) atoms. The van der Waals surface area contributed by atoms with Crippen LogP contribution in [-0.4, -0.2) is 35.3 Å². The summed E-state index contributed by atoms with van der Waals surface area (Å²) in [4.78, 5) is 27.2. The summed E-state index contributed by atoms with van der Waals surface area (Å²) in [6, 6.07) is 16.4. The highest BCUT2D eigenvalue weighted by Gasteiger charge is 2.45. The first-order valence-electron chi connectivity index (χ1n) is 8.87. The maximum absolute atomic E-state index is 12.7. The molecule has 4 N–H and O–H groups in total. The number of nitrogens with zero attached hydrogens (tertiary/aromatic N) is 1. The highest BCUT2D eigenvalue weighted by molar-refractivity contribution is 6.06. The standard InChI is InChI=1S/C20H22N4O2.2ClH/c21-17(14-6-2-1-3-7-14)18(25)24-12-10-20(11-13-24)19(26)22-15-8-4-5-9-16(15)23-20;;/h1-9,17,23H,10-13,21H2,(H,22,26);2*1H/t17-;;/m0../s1. The number of carbonyl (C=O) groups excluding carboxylic acids is 2. The lowest BCUT2D eigenvalue weighted by molar-refractivity contribution is -0.136. The molecule has 1 spiro atoms. The highest BCUT2D eigenvalue weighted by Crippen LogP contribution is 2.36. The Morgan fingerprint density at radius 1 is 0.964 bits per heavy atom. The molecule has 4 rings (SSSR count). The van der Waals surface area contributed by atoms with Crippen LogP contribution < -0.4 is 16.4 Å². The van der Waals surface area contributed by atoms with E-state index in [1.54, 1.807) is 4.90 Å². The Bertz CT molecular complexity index is 839. The minimum Gasteiger partial charge on any atom is -0.369 e. The molecule has 0 aromatic heterocycles. The van der Waals surface area contributed by atoms with Gasteiger partial charge in [0.15, 0.2) is 0 Å². The number of carbonyl (C=O) groups is 2. The fourth-order valence-electron chi connectivity index (χ4n) is 3.72. The van der Waals surface area contributed by atoms with Crippen LogP contribution in [0.1, 0.15) is 24.4 Å². The number of hydrogen-bond acceptors (Lipinski definition) is 4. The van der Waals surface area contributed by atoms with E-state index < -0.39 is 11.6 Å². The van der Waals surface area contributed by atoms with Crippen LogP contribution >= 0.6 is 24.8 Å². The van der Waals surface area contributed by atoms with Crippen molar-refractivity contribution in [3.8, 4) is 0 Å². The van der Waals surface area contributed by atoms with E-state index >= 15 is 0 Å². The van der Waals surface area contributed by atoms with Crippen LogP contribution in [0.4, 0.5) is 11.4 Å². The van der Waals surface area contributed by atoms with Gasteiger partial charge < -0.3 is 21.3 Å². The molecule has 1 fully saturated rings. The monoisotopic (exact) mass is 422 g/mol. The van der Waals surface area contributed by atoms with Crippen molar-refractivity contribution in [2.75, 3.05) is 23.7 Å². The summed E-state index contributed by atoms with van der Waals surface area (Å²) >= 11 is 0. The quantitative estimate of drug-likeness (QED) is 0.693. The van der Waals surface area contributed by atoms with Crippen LogP contribution in [0.25, 0.3) is 0 Å². The maximum Gasteiger partial charge on any atom is 0.250 e. The first kappa shape index (κ1) is 22.0. The number of likely N-dealkylation sites (tertiary alicyclic amines) is 1. The van der Waals surface area contributed by atoms with Gasteiger partial charge in [0.05, 0.1) is 11.4 Å². The van der Waals surface area contributed by atoms with Crippen molar-refractivity contribution >= 4 is 48.0 Å². The second-order valence-corrected chi connectivity index (χ2v) is 6.92. The molecule has 0 bridgehead atoms. The lowest BCUT2D eigenvalue weighted by atomic mass is 9.84. The molecule has 2 aliphatic rings. The Morgan fingerprint density at radius 3 is 2.18 bits per heavy atom. The molecule has 2 aliphatic heterocycles. The molecule has 0 saturated carbocycles. The zero-order valence-electron chi connectivity index (χ0n) is 15.3. The van der Waals surface area contributed by atoms with E-state index in [1.807, 2.05) is 54.6 Å². The van der Waals surface area contributed by atoms with Gasteiger partial charge in [0.1, 0.15) is 11.6 Å². The smallest absolute Gasteiger partial charge is 0.250 e. The van der Waals surface area contributed by atoms with Crippen LogP contribution in [0.15, 0.2) is 54.6 Å². The number of rotatable bonds is 2. The lowest BCUT2D eigenvalue weighted by Crippen LogP contribution is -2.59. The minimum atomic E-state index is -0.667. The van der Waals surface area contributed by atoms with Crippen molar-refractivity contribution in [3.05, 3.63) is 60.2 Å². The van der Waals surface area contributed by atoms with Crippen molar-refractivity contribution in [1.82, 2.24) is 4.90 Å². The van der Waals surface area contributed by atoms with E-state index in [9.17, 15) is 9.59 Å². The second kappa shape index (κ2) is 8.82. The predicted molar refractivity (Wildman–Crippen MR) is 115 cm³/mol. The Hall–Kier alpha value is -2.28. The van der Waals surface area contributed by atoms with Gasteiger partial charge in [-0.1, -0.05) is 42.5 Å². The van der Waals surface area contributed by atoms with Crippen LogP contribution in [0, 0.1) is 0 Å². The first-order valence-corrected chi connectivity index (χ1v) is 8.87. The summed E-state index contributed by atoms with van der Waals surface area (Å²) in [6.45, 7) is 1.00. The number of nitrogens with one attached hydrogen (secondary N) is 2. The molecule has 6 nitrogen and oxygen atoms in total. The van der Waals surface area contributed by atoms with Gasteiger partial charge in [-0.25, -0.2) is 0 Å². The molecular formula is C20H24Cl2N4O2. The van der Waals surface area contributed by atoms with Crippen LogP contribution in [0.3, 0.4) is 0 Å². The van der Waals surface area contributed by atoms with Gasteiger partial charge in [0.25, 0.3) is 0 Å². The van der Waals surface area contributed by atoms with Gasteiger partial charge >= 0.3 is 0 Å². The van der Waals surface area contributed by atoms with Gasteiger partial charge in [0.2, 0.25) is 11.8 Å². The topological polar surface area (TPSA) is 87.5 Å². The molecule has 1 atom stereocenters. The number of piperidine rings is 1. The summed E-state index contributed by atoms with van der Waals surface area (Å²) in [6.07, 6.45) is 1.11. The van der Waals surface area contributed by atoms with Crippen LogP contribution in [0.2, 0.25) is 0 Å². The van der Waals surface area contributed by atoms with Gasteiger partial charge in [-0.05, 0) is 30.5 Å². The SMILES string of the molecule is Cl.Cl.N[C@H](C(=O)N1CCC2(CC1)Nc1ccccc1NC2=O)c1ccccc1. The van der Waals surface area contributed by atoms with Gasteiger partial charge in [-0.3, -0.25) is 9.59 Å². The first-order chi connectivity index (χ1) is 12.6. The molecular weight excluding hydrogens is 399 g/mol. The van der Waals surface area contributed by atoms with Crippen molar-refractivity contribution in [2.24, 2.45) is 5.73 Å². The normalized spacial score (nSPS) is 17.9. The summed E-state index contributed by atoms with van der Waals surface area (Å²) in [5.41, 5.74) is 8.01. The molecule has 2 aromatic rings. The summed E-state index contributed by atoms with van der Waals surface area (Å²) in [5, 5.41) is 6.38. The number of hydrogen-bond donors (Lipinski definition) is 3. The number of halogens is 2. The number of benzene rings is 2. The molecule has 0 radical (unpaired) electrons. The Balaban J connectivity index is 0.00000140. The number of para-hydroxylation sites is 2. The lowest BCUT2D eigenvalue weighted by Gasteiger charge is -2.44. The minimum absolute atomic E-state index is 0. The third kappa shape index (κ3) is 3.94. The number of nitrogens with two attached hydrogens (primary N) is 1. The average Bonchev–Trinajstić information content (AvgIpc) is 2.69.